The van der Waals surface area contributed by atoms with Gasteiger partial charge in [-0.1, -0.05) is 6.42 Å². The van der Waals surface area contributed by atoms with Gasteiger partial charge in [0.2, 0.25) is 5.91 Å². The fourth-order valence-electron chi connectivity index (χ4n) is 3.62. The Hall–Kier alpha value is -1.11. The first-order chi connectivity index (χ1) is 9.84. The van der Waals surface area contributed by atoms with Crippen LogP contribution < -0.4 is 0 Å². The number of alkyl halides is 3. The second-order valence-corrected chi connectivity index (χ2v) is 7.04. The van der Waals surface area contributed by atoms with Gasteiger partial charge in [0, 0.05) is 18.3 Å². The van der Waals surface area contributed by atoms with Gasteiger partial charge in [-0.05, 0) is 31.1 Å². The molecule has 0 spiro atoms. The highest BCUT2D eigenvalue weighted by Gasteiger charge is 2.44. The third-order valence-corrected chi connectivity index (χ3v) is 5.48. The van der Waals surface area contributed by atoms with Gasteiger partial charge in [0.1, 0.15) is 5.01 Å². The number of halogens is 3. The average molecular weight is 318 g/mol. The minimum Gasteiger partial charge on any atom is -0.339 e. The standard InChI is InChI=1S/C14H17F3N2OS/c1-19(6-12-18-11(7-21-12)14(15,16)17)13(20)10-5-8-2-3-9(10)4-8/h7-10H,2-6H2,1H3/t8-,9-,10-/m0/s1. The maximum absolute atomic E-state index is 12.5. The first-order valence-corrected chi connectivity index (χ1v) is 7.99. The molecule has 2 fully saturated rings. The summed E-state index contributed by atoms with van der Waals surface area (Å²) in [6.07, 6.45) is 0.00510. The third kappa shape index (κ3) is 2.93. The van der Waals surface area contributed by atoms with E-state index in [-0.39, 0.29) is 18.4 Å². The first kappa shape index (κ1) is 14.8. The third-order valence-electron chi connectivity index (χ3n) is 4.65. The van der Waals surface area contributed by atoms with E-state index in [0.717, 1.165) is 36.0 Å². The van der Waals surface area contributed by atoms with Crippen LogP contribution in [0.3, 0.4) is 0 Å². The quantitative estimate of drug-likeness (QED) is 0.854. The topological polar surface area (TPSA) is 33.2 Å². The Kier molecular flexibility index (Phi) is 3.71. The predicted molar refractivity (Wildman–Crippen MR) is 72.5 cm³/mol. The molecule has 3 nitrogen and oxygen atoms in total. The lowest BCUT2D eigenvalue weighted by atomic mass is 9.88. The number of nitrogens with zero attached hydrogens (tertiary/aromatic N) is 2. The molecule has 0 aromatic carbocycles. The Labute approximate surface area is 125 Å². The van der Waals surface area contributed by atoms with Crippen molar-refractivity contribution in [1.29, 1.82) is 0 Å². The Morgan fingerprint density at radius 1 is 1.43 bits per heavy atom. The summed E-state index contributed by atoms with van der Waals surface area (Å²) in [6.45, 7) is 0.160. The van der Waals surface area contributed by atoms with Crippen molar-refractivity contribution in [3.05, 3.63) is 16.1 Å². The molecule has 116 valence electrons. The molecule has 1 aromatic rings. The highest BCUT2D eigenvalue weighted by Crippen LogP contribution is 2.48. The number of carbonyl (C=O) groups excluding carboxylic acids is 1. The van der Waals surface area contributed by atoms with Crippen molar-refractivity contribution in [3.63, 3.8) is 0 Å². The van der Waals surface area contributed by atoms with Crippen LogP contribution in [0.4, 0.5) is 13.2 Å². The molecule has 1 amide bonds. The minimum atomic E-state index is -4.41. The van der Waals surface area contributed by atoms with E-state index in [1.807, 2.05) is 0 Å². The molecule has 1 aromatic heterocycles. The van der Waals surface area contributed by atoms with Crippen LogP contribution in [-0.2, 0) is 17.5 Å². The van der Waals surface area contributed by atoms with E-state index in [2.05, 4.69) is 4.98 Å². The molecule has 0 saturated heterocycles. The fraction of sp³-hybridized carbons (Fsp3) is 0.714. The SMILES string of the molecule is CN(Cc1nc(C(F)(F)F)cs1)C(=O)[C@H]1C[C@H]2CC[C@H]1C2. The molecule has 0 radical (unpaired) electrons. The van der Waals surface area contributed by atoms with Crippen molar-refractivity contribution in [2.24, 2.45) is 17.8 Å². The zero-order chi connectivity index (χ0) is 15.2. The Morgan fingerprint density at radius 3 is 2.71 bits per heavy atom. The van der Waals surface area contributed by atoms with Crippen molar-refractivity contribution in [2.45, 2.75) is 38.4 Å². The first-order valence-electron chi connectivity index (χ1n) is 7.11. The van der Waals surface area contributed by atoms with Gasteiger partial charge in [0.05, 0.1) is 6.54 Å². The van der Waals surface area contributed by atoms with Crippen LogP contribution in [0.15, 0.2) is 5.38 Å². The maximum Gasteiger partial charge on any atom is 0.434 e. The van der Waals surface area contributed by atoms with Gasteiger partial charge in [0.25, 0.3) is 0 Å². The summed E-state index contributed by atoms with van der Waals surface area (Å²) >= 11 is 0.955. The summed E-state index contributed by atoms with van der Waals surface area (Å²) in [5.41, 5.74) is -0.872. The lowest BCUT2D eigenvalue weighted by Gasteiger charge is -2.26. The Morgan fingerprint density at radius 2 is 2.19 bits per heavy atom. The summed E-state index contributed by atoms with van der Waals surface area (Å²) < 4.78 is 37.5. The predicted octanol–water partition coefficient (Wildman–Crippen LogP) is 3.56. The van der Waals surface area contributed by atoms with E-state index in [0.29, 0.717) is 16.8 Å². The Bertz CT molecular complexity index is 543. The highest BCUT2D eigenvalue weighted by atomic mass is 32.1. The summed E-state index contributed by atoms with van der Waals surface area (Å²) in [6, 6.07) is 0. The molecule has 0 N–H and O–H groups in total. The van der Waals surface area contributed by atoms with E-state index in [4.69, 9.17) is 0 Å². The number of hydrogen-bond donors (Lipinski definition) is 0. The molecule has 2 bridgehead atoms. The average Bonchev–Trinajstić information content (AvgIpc) is 3.12. The summed E-state index contributed by atoms with van der Waals surface area (Å²) in [7, 11) is 1.66. The minimum absolute atomic E-state index is 0.0611. The molecular formula is C14H17F3N2OS. The van der Waals surface area contributed by atoms with Crippen LogP contribution in [0.2, 0.25) is 0 Å². The molecule has 0 aliphatic heterocycles. The van der Waals surface area contributed by atoms with E-state index in [1.165, 1.54) is 11.3 Å². The van der Waals surface area contributed by atoms with E-state index in [1.54, 1.807) is 7.05 Å². The molecule has 2 aliphatic rings. The molecular weight excluding hydrogens is 301 g/mol. The van der Waals surface area contributed by atoms with E-state index >= 15 is 0 Å². The van der Waals surface area contributed by atoms with Crippen LogP contribution in [0.1, 0.15) is 36.4 Å². The van der Waals surface area contributed by atoms with Crippen molar-refractivity contribution in [1.82, 2.24) is 9.88 Å². The number of carbonyl (C=O) groups is 1. The fourth-order valence-corrected chi connectivity index (χ4v) is 4.48. The van der Waals surface area contributed by atoms with E-state index < -0.39 is 11.9 Å². The van der Waals surface area contributed by atoms with Crippen molar-refractivity contribution in [3.8, 4) is 0 Å². The van der Waals surface area contributed by atoms with Gasteiger partial charge < -0.3 is 4.90 Å². The number of thiazole rings is 1. The summed E-state index contributed by atoms with van der Waals surface area (Å²) in [4.78, 5) is 17.5. The molecule has 3 rings (SSSR count). The molecule has 2 aliphatic carbocycles. The van der Waals surface area contributed by atoms with Gasteiger partial charge in [-0.15, -0.1) is 11.3 Å². The molecule has 21 heavy (non-hydrogen) atoms. The molecule has 3 atom stereocenters. The zero-order valence-corrected chi connectivity index (χ0v) is 12.5. The van der Waals surface area contributed by atoms with Crippen LogP contribution in [0.5, 0.6) is 0 Å². The van der Waals surface area contributed by atoms with E-state index in [9.17, 15) is 18.0 Å². The normalized spacial score (nSPS) is 28.1. The van der Waals surface area contributed by atoms with Crippen LogP contribution in [-0.4, -0.2) is 22.8 Å². The van der Waals surface area contributed by atoms with Gasteiger partial charge in [-0.2, -0.15) is 13.2 Å². The summed E-state index contributed by atoms with van der Waals surface area (Å²) in [5, 5.41) is 1.34. The lowest BCUT2D eigenvalue weighted by molar-refractivity contribution is -0.140. The molecule has 0 unspecified atom stereocenters. The van der Waals surface area contributed by atoms with Crippen molar-refractivity contribution in [2.75, 3.05) is 7.05 Å². The number of amides is 1. The second-order valence-electron chi connectivity index (χ2n) is 6.10. The number of hydrogen-bond acceptors (Lipinski definition) is 3. The summed E-state index contributed by atoms with van der Waals surface area (Å²) in [5.74, 6) is 1.28. The number of rotatable bonds is 3. The lowest BCUT2D eigenvalue weighted by Crippen LogP contribution is -2.35. The van der Waals surface area contributed by atoms with Gasteiger partial charge in [0.15, 0.2) is 5.69 Å². The monoisotopic (exact) mass is 318 g/mol. The number of aromatic nitrogens is 1. The molecule has 1 heterocycles. The molecule has 2 saturated carbocycles. The van der Waals surface area contributed by atoms with Crippen LogP contribution >= 0.6 is 11.3 Å². The largest absolute Gasteiger partial charge is 0.434 e. The smallest absolute Gasteiger partial charge is 0.339 e. The van der Waals surface area contributed by atoms with Gasteiger partial charge >= 0.3 is 6.18 Å². The zero-order valence-electron chi connectivity index (χ0n) is 11.7. The van der Waals surface area contributed by atoms with Crippen molar-refractivity contribution >= 4 is 17.2 Å². The van der Waals surface area contributed by atoms with Gasteiger partial charge in [-0.25, -0.2) is 4.98 Å². The van der Waals surface area contributed by atoms with Gasteiger partial charge in [-0.3, -0.25) is 4.79 Å². The second kappa shape index (κ2) is 5.26. The Balaban J connectivity index is 1.62. The molecule has 7 heteroatoms. The van der Waals surface area contributed by atoms with Crippen molar-refractivity contribution < 1.29 is 18.0 Å². The number of fused-ring (bicyclic) bond motifs is 2. The van der Waals surface area contributed by atoms with Crippen LogP contribution in [0, 0.1) is 17.8 Å². The maximum atomic E-state index is 12.5. The van der Waals surface area contributed by atoms with Crippen LogP contribution in [0.25, 0.3) is 0 Å². The highest BCUT2D eigenvalue weighted by molar-refractivity contribution is 7.09.